The van der Waals surface area contributed by atoms with Gasteiger partial charge in [0.15, 0.2) is 18.3 Å². The number of Topliss-reactive ketones (excluding diaryl/α,β-unsaturated/α-hetero) is 1. The first-order chi connectivity index (χ1) is 12.6. The van der Waals surface area contributed by atoms with Crippen LogP contribution in [0.1, 0.15) is 21.7 Å². The molecule has 0 spiro atoms. The zero-order valence-electron chi connectivity index (χ0n) is 14.5. The summed E-state index contributed by atoms with van der Waals surface area (Å²) in [5.41, 5.74) is 2.20. The number of ketones is 1. The van der Waals surface area contributed by atoms with Crippen LogP contribution in [-0.4, -0.2) is 34.5 Å². The molecule has 0 radical (unpaired) electrons. The molecule has 0 aliphatic carbocycles. The van der Waals surface area contributed by atoms with Crippen LogP contribution in [0.25, 0.3) is 5.13 Å². The number of carbonyl (C=O) groups excluding carboxylic acids is 2. The fourth-order valence-electron chi connectivity index (χ4n) is 2.59. The number of aryl methyl sites for hydroxylation is 1. The molecule has 0 atom stereocenters. The maximum absolute atomic E-state index is 12.4. The topological polar surface area (TPSA) is 70.4 Å². The largest absolute Gasteiger partial charge is 0.482 e. The van der Waals surface area contributed by atoms with E-state index in [1.165, 1.54) is 11.3 Å². The lowest BCUT2D eigenvalue weighted by atomic mass is 10.1. The van der Waals surface area contributed by atoms with E-state index in [-0.39, 0.29) is 19.0 Å². The van der Waals surface area contributed by atoms with Crippen LogP contribution < -0.4 is 4.74 Å². The van der Waals surface area contributed by atoms with Crippen LogP contribution in [-0.2, 0) is 9.53 Å². The van der Waals surface area contributed by atoms with E-state index in [1.807, 2.05) is 42.0 Å². The molecule has 0 aliphatic rings. The van der Waals surface area contributed by atoms with Gasteiger partial charge < -0.3 is 9.47 Å². The SMILES string of the molecule is Cc1cc(C(=O)COC(=O)COc2ccccc2)c(C)n1-c1nccs1. The highest BCUT2D eigenvalue weighted by atomic mass is 32.1. The van der Waals surface area contributed by atoms with E-state index in [4.69, 9.17) is 9.47 Å². The number of para-hydroxylation sites is 1. The van der Waals surface area contributed by atoms with E-state index in [1.54, 1.807) is 24.4 Å². The predicted octanol–water partition coefficient (Wildman–Crippen LogP) is 3.36. The summed E-state index contributed by atoms with van der Waals surface area (Å²) >= 11 is 1.49. The summed E-state index contributed by atoms with van der Waals surface area (Å²) < 4.78 is 12.3. The molecule has 0 amide bonds. The van der Waals surface area contributed by atoms with E-state index < -0.39 is 5.97 Å². The highest BCUT2D eigenvalue weighted by molar-refractivity contribution is 7.12. The lowest BCUT2D eigenvalue weighted by Gasteiger charge is -2.07. The monoisotopic (exact) mass is 370 g/mol. The van der Waals surface area contributed by atoms with Gasteiger partial charge in [-0.3, -0.25) is 9.36 Å². The molecule has 26 heavy (non-hydrogen) atoms. The van der Waals surface area contributed by atoms with Crippen LogP contribution in [0.15, 0.2) is 48.0 Å². The van der Waals surface area contributed by atoms with Crippen molar-refractivity contribution in [3.8, 4) is 10.9 Å². The van der Waals surface area contributed by atoms with Crippen molar-refractivity contribution in [1.82, 2.24) is 9.55 Å². The van der Waals surface area contributed by atoms with Gasteiger partial charge in [0.1, 0.15) is 5.75 Å². The molecule has 3 rings (SSSR count). The van der Waals surface area contributed by atoms with E-state index in [0.717, 1.165) is 16.5 Å². The summed E-state index contributed by atoms with van der Waals surface area (Å²) in [6.07, 6.45) is 1.72. The van der Waals surface area contributed by atoms with Gasteiger partial charge in [0.05, 0.1) is 0 Å². The Morgan fingerprint density at radius 3 is 2.62 bits per heavy atom. The number of hydrogen-bond acceptors (Lipinski definition) is 6. The van der Waals surface area contributed by atoms with Crippen molar-refractivity contribution in [2.75, 3.05) is 13.2 Å². The Hall–Kier alpha value is -2.93. The Kier molecular flexibility index (Phi) is 5.48. The molecule has 0 bridgehead atoms. The molecule has 0 unspecified atom stereocenters. The lowest BCUT2D eigenvalue weighted by molar-refractivity contribution is -0.144. The summed E-state index contributed by atoms with van der Waals surface area (Å²) in [4.78, 5) is 28.5. The second kappa shape index (κ2) is 7.97. The minimum atomic E-state index is -0.587. The maximum atomic E-state index is 12.4. The molecule has 0 saturated carbocycles. The number of ether oxygens (including phenoxy) is 2. The van der Waals surface area contributed by atoms with Gasteiger partial charge in [-0.1, -0.05) is 18.2 Å². The number of hydrogen-bond donors (Lipinski definition) is 0. The van der Waals surface area contributed by atoms with Crippen molar-refractivity contribution in [3.05, 3.63) is 64.9 Å². The number of nitrogens with zero attached hydrogens (tertiary/aromatic N) is 2. The van der Waals surface area contributed by atoms with Crippen molar-refractivity contribution >= 4 is 23.1 Å². The molecule has 134 valence electrons. The molecule has 0 fully saturated rings. The first kappa shape index (κ1) is 17.9. The lowest BCUT2D eigenvalue weighted by Crippen LogP contribution is -2.19. The minimum absolute atomic E-state index is 0.241. The summed E-state index contributed by atoms with van der Waals surface area (Å²) in [5, 5.41) is 2.68. The van der Waals surface area contributed by atoms with Gasteiger partial charge in [-0.25, -0.2) is 9.78 Å². The van der Waals surface area contributed by atoms with Gasteiger partial charge in [0.2, 0.25) is 5.78 Å². The summed E-state index contributed by atoms with van der Waals surface area (Å²) in [5.74, 6) is -0.271. The number of esters is 1. The van der Waals surface area contributed by atoms with Crippen molar-refractivity contribution < 1.29 is 19.1 Å². The second-order valence-corrected chi connectivity index (χ2v) is 6.49. The Balaban J connectivity index is 1.58. The average Bonchev–Trinajstić information content (AvgIpc) is 3.26. The zero-order valence-corrected chi connectivity index (χ0v) is 15.3. The van der Waals surface area contributed by atoms with Crippen molar-refractivity contribution in [2.24, 2.45) is 0 Å². The van der Waals surface area contributed by atoms with Gasteiger partial charge in [-0.2, -0.15) is 0 Å². The number of carbonyl (C=O) groups is 2. The smallest absolute Gasteiger partial charge is 0.344 e. The molecule has 0 aliphatic heterocycles. The Bertz CT molecular complexity index is 901. The van der Waals surface area contributed by atoms with Crippen LogP contribution in [0.3, 0.4) is 0 Å². The van der Waals surface area contributed by atoms with Crippen molar-refractivity contribution in [2.45, 2.75) is 13.8 Å². The minimum Gasteiger partial charge on any atom is -0.482 e. The first-order valence-corrected chi connectivity index (χ1v) is 8.89. The molecule has 7 heteroatoms. The summed E-state index contributed by atoms with van der Waals surface area (Å²) in [6, 6.07) is 10.7. The standard InChI is InChI=1S/C19H18N2O4S/c1-13-10-16(14(2)21(13)19-20-8-9-26-19)17(22)11-25-18(23)12-24-15-6-4-3-5-7-15/h3-10H,11-12H2,1-2H3. The highest BCUT2D eigenvalue weighted by Crippen LogP contribution is 2.22. The second-order valence-electron chi connectivity index (χ2n) is 5.62. The zero-order chi connectivity index (χ0) is 18.5. The molecular weight excluding hydrogens is 352 g/mol. The van der Waals surface area contributed by atoms with Crippen molar-refractivity contribution in [1.29, 1.82) is 0 Å². The number of rotatable bonds is 7. The molecular formula is C19H18N2O4S. The fraction of sp³-hybridized carbons (Fsp3) is 0.211. The third-order valence-corrected chi connectivity index (χ3v) is 4.56. The maximum Gasteiger partial charge on any atom is 0.344 e. The van der Waals surface area contributed by atoms with Gasteiger partial charge in [-0.15, -0.1) is 11.3 Å². The summed E-state index contributed by atoms with van der Waals surface area (Å²) in [6.45, 7) is 3.20. The van der Waals surface area contributed by atoms with E-state index in [0.29, 0.717) is 11.3 Å². The number of aromatic nitrogens is 2. The molecule has 3 aromatic rings. The molecule has 2 heterocycles. The van der Waals surface area contributed by atoms with Crippen LogP contribution in [0.5, 0.6) is 5.75 Å². The normalized spacial score (nSPS) is 10.5. The summed E-state index contributed by atoms with van der Waals surface area (Å²) in [7, 11) is 0. The van der Waals surface area contributed by atoms with Crippen LogP contribution in [0.2, 0.25) is 0 Å². The quantitative estimate of drug-likeness (QED) is 0.471. The van der Waals surface area contributed by atoms with Crippen molar-refractivity contribution in [3.63, 3.8) is 0 Å². The molecule has 1 aromatic carbocycles. The van der Waals surface area contributed by atoms with Crippen LogP contribution in [0.4, 0.5) is 0 Å². The van der Waals surface area contributed by atoms with E-state index in [2.05, 4.69) is 4.98 Å². The third-order valence-electron chi connectivity index (χ3n) is 3.81. The van der Waals surface area contributed by atoms with Crippen LogP contribution >= 0.6 is 11.3 Å². The van der Waals surface area contributed by atoms with Gasteiger partial charge in [0.25, 0.3) is 0 Å². The van der Waals surface area contributed by atoms with E-state index >= 15 is 0 Å². The molecule has 0 N–H and O–H groups in total. The van der Waals surface area contributed by atoms with Crippen LogP contribution in [0, 0.1) is 13.8 Å². The van der Waals surface area contributed by atoms with Gasteiger partial charge >= 0.3 is 5.97 Å². The first-order valence-electron chi connectivity index (χ1n) is 8.01. The predicted molar refractivity (Wildman–Crippen MR) is 98.1 cm³/mol. The van der Waals surface area contributed by atoms with Gasteiger partial charge in [-0.05, 0) is 32.0 Å². The molecule has 0 saturated heterocycles. The Morgan fingerprint density at radius 1 is 1.15 bits per heavy atom. The number of thiazole rings is 1. The molecule has 2 aromatic heterocycles. The fourth-order valence-corrected chi connectivity index (χ4v) is 3.34. The average molecular weight is 370 g/mol. The van der Waals surface area contributed by atoms with E-state index in [9.17, 15) is 9.59 Å². The third kappa shape index (κ3) is 4.00. The number of benzene rings is 1. The highest BCUT2D eigenvalue weighted by Gasteiger charge is 2.19. The molecule has 6 nitrogen and oxygen atoms in total. The Morgan fingerprint density at radius 2 is 1.92 bits per heavy atom. The van der Waals surface area contributed by atoms with Gasteiger partial charge in [0, 0.05) is 28.5 Å². The Labute approximate surface area is 155 Å².